The minimum absolute atomic E-state index is 0.0604. The molecule has 0 aliphatic rings. The number of rotatable bonds is 4. The lowest BCUT2D eigenvalue weighted by molar-refractivity contribution is -0.129. The fraction of sp³-hybridized carbons (Fsp3) is 0.778. The van der Waals surface area contributed by atoms with Gasteiger partial charge in [-0.2, -0.15) is 5.26 Å². The summed E-state index contributed by atoms with van der Waals surface area (Å²) in [5.41, 5.74) is 0. The Kier molecular flexibility index (Phi) is 5.11. The van der Waals surface area contributed by atoms with Crippen molar-refractivity contribution in [2.45, 2.75) is 26.7 Å². The monoisotopic (exact) mass is 168 g/mol. The Bertz CT molecular complexity index is 181. The highest BCUT2D eigenvalue weighted by Crippen LogP contribution is 2.04. The van der Waals surface area contributed by atoms with Crippen LogP contribution in [-0.4, -0.2) is 24.4 Å². The highest BCUT2D eigenvalue weighted by Gasteiger charge is 2.07. The number of carbonyl (C=O) groups excluding carboxylic acids is 1. The molecule has 0 aliphatic heterocycles. The molecule has 68 valence electrons. The van der Waals surface area contributed by atoms with Crippen molar-refractivity contribution >= 4 is 5.91 Å². The van der Waals surface area contributed by atoms with E-state index in [1.54, 1.807) is 7.05 Å². The molecular weight excluding hydrogens is 152 g/mol. The van der Waals surface area contributed by atoms with Crippen LogP contribution in [0.1, 0.15) is 26.7 Å². The van der Waals surface area contributed by atoms with Gasteiger partial charge >= 0.3 is 0 Å². The van der Waals surface area contributed by atoms with Gasteiger partial charge in [0.15, 0.2) is 0 Å². The molecule has 0 rings (SSSR count). The van der Waals surface area contributed by atoms with Crippen molar-refractivity contribution < 1.29 is 4.79 Å². The Morgan fingerprint density at radius 1 is 1.58 bits per heavy atom. The molecule has 0 aromatic rings. The minimum Gasteiger partial charge on any atom is -0.332 e. The van der Waals surface area contributed by atoms with Crippen LogP contribution in [0.4, 0.5) is 0 Å². The number of hydrogen-bond donors (Lipinski definition) is 0. The van der Waals surface area contributed by atoms with Gasteiger partial charge < -0.3 is 4.90 Å². The van der Waals surface area contributed by atoms with Crippen LogP contribution >= 0.6 is 0 Å². The number of hydrogen-bond acceptors (Lipinski definition) is 2. The molecule has 0 aliphatic carbocycles. The van der Waals surface area contributed by atoms with Gasteiger partial charge in [-0.25, -0.2) is 0 Å². The van der Waals surface area contributed by atoms with Crippen LogP contribution in [0.15, 0.2) is 0 Å². The first-order valence-electron chi connectivity index (χ1n) is 4.18. The normalized spacial score (nSPS) is 9.58. The van der Waals surface area contributed by atoms with Crippen molar-refractivity contribution in [2.75, 3.05) is 13.6 Å². The molecule has 3 nitrogen and oxygen atoms in total. The maximum atomic E-state index is 11.2. The Morgan fingerprint density at radius 2 is 2.17 bits per heavy atom. The van der Waals surface area contributed by atoms with Gasteiger partial charge in [0.25, 0.3) is 0 Å². The third-order valence-electron chi connectivity index (χ3n) is 1.67. The van der Waals surface area contributed by atoms with Crippen molar-refractivity contribution in [3.63, 3.8) is 0 Å². The van der Waals surface area contributed by atoms with E-state index < -0.39 is 0 Å². The molecule has 0 heterocycles. The topological polar surface area (TPSA) is 44.1 Å². The van der Waals surface area contributed by atoms with E-state index >= 15 is 0 Å². The molecule has 0 unspecified atom stereocenters. The van der Waals surface area contributed by atoms with Gasteiger partial charge in [0.05, 0.1) is 6.07 Å². The van der Waals surface area contributed by atoms with E-state index in [1.807, 2.05) is 6.07 Å². The van der Waals surface area contributed by atoms with E-state index in [0.29, 0.717) is 12.3 Å². The van der Waals surface area contributed by atoms with Crippen molar-refractivity contribution in [1.29, 1.82) is 5.26 Å². The first-order valence-corrected chi connectivity index (χ1v) is 4.18. The van der Waals surface area contributed by atoms with E-state index in [-0.39, 0.29) is 12.5 Å². The Labute approximate surface area is 74.0 Å². The second kappa shape index (κ2) is 5.59. The summed E-state index contributed by atoms with van der Waals surface area (Å²) in [5, 5.41) is 8.32. The van der Waals surface area contributed by atoms with E-state index in [0.717, 1.165) is 6.42 Å². The number of nitrogens with zero attached hydrogens (tertiary/aromatic N) is 2. The first-order chi connectivity index (χ1) is 5.57. The van der Waals surface area contributed by atoms with Crippen LogP contribution in [0.2, 0.25) is 0 Å². The van der Waals surface area contributed by atoms with Gasteiger partial charge in [-0.3, -0.25) is 4.79 Å². The number of nitriles is 1. The van der Waals surface area contributed by atoms with Crippen LogP contribution in [0, 0.1) is 17.2 Å². The summed E-state index contributed by atoms with van der Waals surface area (Å²) in [6.45, 7) is 4.35. The second-order valence-corrected chi connectivity index (χ2v) is 3.34. The third-order valence-corrected chi connectivity index (χ3v) is 1.67. The van der Waals surface area contributed by atoms with E-state index in [4.69, 9.17) is 5.26 Å². The van der Waals surface area contributed by atoms with Crippen molar-refractivity contribution in [3.05, 3.63) is 0 Å². The SMILES string of the molecule is CC(C)CCC(=O)N(C)CC#N. The predicted molar refractivity (Wildman–Crippen MR) is 47.3 cm³/mol. The van der Waals surface area contributed by atoms with Gasteiger partial charge in [-0.15, -0.1) is 0 Å². The maximum Gasteiger partial charge on any atom is 0.223 e. The van der Waals surface area contributed by atoms with Crippen LogP contribution in [0.3, 0.4) is 0 Å². The van der Waals surface area contributed by atoms with E-state index in [1.165, 1.54) is 4.90 Å². The quantitative estimate of drug-likeness (QED) is 0.596. The summed E-state index contributed by atoms with van der Waals surface area (Å²) in [7, 11) is 1.66. The Hall–Kier alpha value is -1.04. The van der Waals surface area contributed by atoms with Gasteiger partial charge in [-0.1, -0.05) is 13.8 Å². The molecule has 0 fully saturated rings. The van der Waals surface area contributed by atoms with Gasteiger partial charge in [-0.05, 0) is 12.3 Å². The second-order valence-electron chi connectivity index (χ2n) is 3.34. The summed E-state index contributed by atoms with van der Waals surface area (Å²) in [6, 6.07) is 1.94. The molecule has 0 aromatic carbocycles. The molecule has 12 heavy (non-hydrogen) atoms. The summed E-state index contributed by atoms with van der Waals surface area (Å²) in [6.07, 6.45) is 1.45. The van der Waals surface area contributed by atoms with Crippen LogP contribution in [0.5, 0.6) is 0 Å². The minimum atomic E-state index is 0.0604. The van der Waals surface area contributed by atoms with Gasteiger partial charge in [0.1, 0.15) is 6.54 Å². The van der Waals surface area contributed by atoms with Gasteiger partial charge in [0, 0.05) is 13.5 Å². The summed E-state index contributed by atoms with van der Waals surface area (Å²) < 4.78 is 0. The molecule has 0 spiro atoms. The fourth-order valence-electron chi connectivity index (χ4n) is 0.797. The average molecular weight is 168 g/mol. The summed E-state index contributed by atoms with van der Waals surface area (Å²) in [4.78, 5) is 12.7. The molecular formula is C9H16N2O. The summed E-state index contributed by atoms with van der Waals surface area (Å²) in [5.74, 6) is 0.606. The zero-order valence-corrected chi connectivity index (χ0v) is 8.00. The van der Waals surface area contributed by atoms with Crippen LogP contribution in [-0.2, 0) is 4.79 Å². The van der Waals surface area contributed by atoms with E-state index in [2.05, 4.69) is 13.8 Å². The highest BCUT2D eigenvalue weighted by molar-refractivity contribution is 5.76. The molecule has 1 amide bonds. The molecule has 0 aromatic heterocycles. The molecule has 0 N–H and O–H groups in total. The third kappa shape index (κ3) is 4.73. The van der Waals surface area contributed by atoms with Gasteiger partial charge in [0.2, 0.25) is 5.91 Å². The molecule has 0 bridgehead atoms. The van der Waals surface area contributed by atoms with Crippen molar-refractivity contribution in [1.82, 2.24) is 4.90 Å². The lowest BCUT2D eigenvalue weighted by atomic mass is 10.1. The Morgan fingerprint density at radius 3 is 2.58 bits per heavy atom. The van der Waals surface area contributed by atoms with Crippen LogP contribution in [0.25, 0.3) is 0 Å². The van der Waals surface area contributed by atoms with E-state index in [9.17, 15) is 4.79 Å². The zero-order chi connectivity index (χ0) is 9.56. The van der Waals surface area contributed by atoms with Crippen molar-refractivity contribution in [3.8, 4) is 6.07 Å². The maximum absolute atomic E-state index is 11.2. The molecule has 0 radical (unpaired) electrons. The molecule has 0 saturated carbocycles. The zero-order valence-electron chi connectivity index (χ0n) is 8.00. The number of amides is 1. The summed E-state index contributed by atoms with van der Waals surface area (Å²) >= 11 is 0. The lowest BCUT2D eigenvalue weighted by Gasteiger charge is -2.13. The average Bonchev–Trinajstić information content (AvgIpc) is 2.00. The lowest BCUT2D eigenvalue weighted by Crippen LogP contribution is -2.26. The van der Waals surface area contributed by atoms with Crippen molar-refractivity contribution in [2.24, 2.45) is 5.92 Å². The highest BCUT2D eigenvalue weighted by atomic mass is 16.2. The fourth-order valence-corrected chi connectivity index (χ4v) is 0.797. The molecule has 3 heteroatoms. The van der Waals surface area contributed by atoms with Crippen LogP contribution < -0.4 is 0 Å². The predicted octanol–water partition coefficient (Wildman–Crippen LogP) is 1.40. The first kappa shape index (κ1) is 11.0. The Balaban J connectivity index is 3.66. The molecule has 0 atom stereocenters. The number of carbonyl (C=O) groups is 1. The smallest absolute Gasteiger partial charge is 0.223 e. The standard InChI is InChI=1S/C9H16N2O/c1-8(2)4-5-9(12)11(3)7-6-10/h8H,4-5,7H2,1-3H3. The molecule has 0 saturated heterocycles. The largest absolute Gasteiger partial charge is 0.332 e.